The summed E-state index contributed by atoms with van der Waals surface area (Å²) in [5.74, 6) is -6.16. The summed E-state index contributed by atoms with van der Waals surface area (Å²) in [5, 5.41) is 30.7. The summed E-state index contributed by atoms with van der Waals surface area (Å²) in [7, 11) is 0. The number of ketones is 1. The van der Waals surface area contributed by atoms with Gasteiger partial charge in [0.15, 0.2) is 0 Å². The predicted octanol–water partition coefficient (Wildman–Crippen LogP) is -2.28. The third-order valence-corrected chi connectivity index (χ3v) is 6.05. The second-order valence-corrected chi connectivity index (χ2v) is 9.32. The highest BCUT2D eigenvalue weighted by Gasteiger charge is 2.52. The zero-order valence-electron chi connectivity index (χ0n) is 21.7. The molecule has 5 amide bonds. The molecule has 1 fully saturated rings. The minimum absolute atomic E-state index is 0.220. The van der Waals surface area contributed by atoms with Crippen LogP contribution in [0.5, 0.6) is 0 Å². The summed E-state index contributed by atoms with van der Waals surface area (Å²) in [5.41, 5.74) is -1.39. The number of carbonyl (C=O) groups is 7. The summed E-state index contributed by atoms with van der Waals surface area (Å²) in [4.78, 5) is 84.6. The van der Waals surface area contributed by atoms with Crippen molar-refractivity contribution in [3.8, 4) is 0 Å². The van der Waals surface area contributed by atoms with Crippen LogP contribution in [0.2, 0.25) is 0 Å². The average molecular weight is 528 g/mol. The van der Waals surface area contributed by atoms with Crippen molar-refractivity contribution in [2.45, 2.75) is 90.1 Å². The van der Waals surface area contributed by atoms with Crippen LogP contribution in [0.4, 0.5) is 0 Å². The molecule has 0 heterocycles. The normalized spacial score (nSPS) is 17.6. The standard InChI is InChI=1S/C23H37N5O9/c1-6-11(2)16(26-14(5)30)19(34)27-17(13(4)29)20(35)28-23(8-9-23)22(37)25-12(3)18(33)21(36)24-10-7-15(31)32/h11-13,16-17,29H,6-10H2,1-5H3,(H,24,36)(H,25,37)(H,26,30)(H,27,34)(H,28,35)(H,31,32)/t11-,12?,13-,16+,17+/m1/s1. The molecule has 0 bridgehead atoms. The molecule has 37 heavy (non-hydrogen) atoms. The van der Waals surface area contributed by atoms with Gasteiger partial charge in [0.2, 0.25) is 29.4 Å². The molecule has 0 aromatic carbocycles. The van der Waals surface area contributed by atoms with E-state index in [1.54, 1.807) is 6.92 Å². The first-order valence-electron chi connectivity index (χ1n) is 12.1. The maximum Gasteiger partial charge on any atom is 0.305 e. The maximum atomic E-state index is 12.9. The molecule has 0 radical (unpaired) electrons. The Bertz CT molecular complexity index is 916. The zero-order valence-corrected chi connectivity index (χ0v) is 21.7. The van der Waals surface area contributed by atoms with Gasteiger partial charge in [-0.05, 0) is 32.6 Å². The molecular weight excluding hydrogens is 490 g/mol. The molecule has 1 aliphatic carbocycles. The third-order valence-electron chi connectivity index (χ3n) is 6.05. The van der Waals surface area contributed by atoms with Gasteiger partial charge in [-0.3, -0.25) is 33.6 Å². The van der Waals surface area contributed by atoms with Gasteiger partial charge < -0.3 is 36.8 Å². The van der Waals surface area contributed by atoms with E-state index in [0.717, 1.165) is 0 Å². The minimum Gasteiger partial charge on any atom is -0.481 e. The van der Waals surface area contributed by atoms with Crippen molar-refractivity contribution in [1.29, 1.82) is 0 Å². The largest absolute Gasteiger partial charge is 0.481 e. The zero-order chi connectivity index (χ0) is 28.5. The second-order valence-electron chi connectivity index (χ2n) is 9.32. The SMILES string of the molecule is CC[C@@H](C)[C@H](NC(C)=O)C(=O)N[C@H](C(=O)NC1(C(=O)NC(C)C(=O)C(=O)NCCC(=O)O)CC1)[C@@H](C)O. The molecule has 0 saturated heterocycles. The number of aliphatic hydroxyl groups is 1. The topological polar surface area (TPSA) is 220 Å². The van der Waals surface area contributed by atoms with E-state index < -0.39 is 71.1 Å². The van der Waals surface area contributed by atoms with Gasteiger partial charge >= 0.3 is 5.97 Å². The lowest BCUT2D eigenvalue weighted by Gasteiger charge is -2.28. The number of amides is 5. The van der Waals surface area contributed by atoms with E-state index in [4.69, 9.17) is 5.11 Å². The van der Waals surface area contributed by atoms with Gasteiger partial charge in [-0.15, -0.1) is 0 Å². The van der Waals surface area contributed by atoms with Gasteiger partial charge in [0.05, 0.1) is 18.6 Å². The summed E-state index contributed by atoms with van der Waals surface area (Å²) < 4.78 is 0. The number of Topliss-reactive ketones (excluding diaryl/α,β-unsaturated/α-hetero) is 1. The maximum absolute atomic E-state index is 12.9. The number of carbonyl (C=O) groups excluding carboxylic acids is 6. The molecular formula is C23H37N5O9. The molecule has 1 aliphatic rings. The number of rotatable bonds is 15. The van der Waals surface area contributed by atoms with Crippen molar-refractivity contribution in [2.75, 3.05) is 6.54 Å². The Morgan fingerprint density at radius 3 is 1.95 bits per heavy atom. The first-order valence-corrected chi connectivity index (χ1v) is 12.1. The van der Waals surface area contributed by atoms with Crippen LogP contribution >= 0.6 is 0 Å². The molecule has 5 atom stereocenters. The molecule has 0 aliphatic heterocycles. The monoisotopic (exact) mass is 527 g/mol. The summed E-state index contributed by atoms with van der Waals surface area (Å²) in [6.07, 6.45) is -0.718. The molecule has 14 nitrogen and oxygen atoms in total. The number of hydrogen-bond acceptors (Lipinski definition) is 8. The van der Waals surface area contributed by atoms with Crippen LogP contribution in [0.3, 0.4) is 0 Å². The van der Waals surface area contributed by atoms with Crippen molar-refractivity contribution < 1.29 is 43.8 Å². The van der Waals surface area contributed by atoms with Crippen LogP contribution in [-0.2, 0) is 33.6 Å². The lowest BCUT2D eigenvalue weighted by atomic mass is 9.97. The Labute approximate surface area is 214 Å². The highest BCUT2D eigenvalue weighted by atomic mass is 16.4. The van der Waals surface area contributed by atoms with Gasteiger partial charge in [0.1, 0.15) is 17.6 Å². The second kappa shape index (κ2) is 13.7. The van der Waals surface area contributed by atoms with Gasteiger partial charge in [-0.1, -0.05) is 20.3 Å². The molecule has 208 valence electrons. The fraction of sp³-hybridized carbons (Fsp3) is 0.696. The lowest BCUT2D eigenvalue weighted by Crippen LogP contribution is -2.61. The number of aliphatic hydroxyl groups excluding tert-OH is 1. The smallest absolute Gasteiger partial charge is 0.305 e. The summed E-state index contributed by atoms with van der Waals surface area (Å²) in [6.45, 7) is 7.12. The third kappa shape index (κ3) is 9.44. The van der Waals surface area contributed by atoms with E-state index in [2.05, 4.69) is 26.6 Å². The summed E-state index contributed by atoms with van der Waals surface area (Å²) in [6, 6.07) is -3.63. The van der Waals surface area contributed by atoms with Crippen LogP contribution in [0.25, 0.3) is 0 Å². The number of hydrogen-bond donors (Lipinski definition) is 7. The molecule has 0 aromatic heterocycles. The van der Waals surface area contributed by atoms with Crippen molar-refractivity contribution in [3.63, 3.8) is 0 Å². The Morgan fingerprint density at radius 1 is 0.892 bits per heavy atom. The molecule has 1 unspecified atom stereocenters. The fourth-order valence-corrected chi connectivity index (χ4v) is 3.38. The fourth-order valence-electron chi connectivity index (χ4n) is 3.38. The average Bonchev–Trinajstić information content (AvgIpc) is 3.59. The van der Waals surface area contributed by atoms with Gasteiger partial charge in [-0.2, -0.15) is 0 Å². The van der Waals surface area contributed by atoms with Crippen molar-refractivity contribution in [1.82, 2.24) is 26.6 Å². The van der Waals surface area contributed by atoms with E-state index in [0.29, 0.717) is 6.42 Å². The Morgan fingerprint density at radius 2 is 1.49 bits per heavy atom. The lowest BCUT2D eigenvalue weighted by molar-refractivity contribution is -0.141. The van der Waals surface area contributed by atoms with Gasteiger partial charge in [0, 0.05) is 13.5 Å². The van der Waals surface area contributed by atoms with Crippen molar-refractivity contribution in [2.24, 2.45) is 5.92 Å². The molecule has 7 N–H and O–H groups in total. The van der Waals surface area contributed by atoms with E-state index in [-0.39, 0.29) is 31.7 Å². The number of aliphatic carboxylic acids is 1. The highest BCUT2D eigenvalue weighted by molar-refractivity contribution is 6.38. The van der Waals surface area contributed by atoms with Crippen LogP contribution in [0.15, 0.2) is 0 Å². The number of carboxylic acids is 1. The molecule has 1 saturated carbocycles. The van der Waals surface area contributed by atoms with E-state index in [1.807, 2.05) is 6.92 Å². The molecule has 0 aromatic rings. The van der Waals surface area contributed by atoms with E-state index in [1.165, 1.54) is 20.8 Å². The van der Waals surface area contributed by atoms with Gasteiger partial charge in [-0.25, -0.2) is 0 Å². The molecule has 1 rings (SSSR count). The van der Waals surface area contributed by atoms with Gasteiger partial charge in [0.25, 0.3) is 5.91 Å². The predicted molar refractivity (Wildman–Crippen MR) is 129 cm³/mol. The Kier molecular flexibility index (Phi) is 11.6. The highest BCUT2D eigenvalue weighted by Crippen LogP contribution is 2.36. The minimum atomic E-state index is -1.43. The van der Waals surface area contributed by atoms with E-state index in [9.17, 15) is 38.7 Å². The first-order chi connectivity index (χ1) is 17.1. The molecule has 0 spiro atoms. The Balaban J connectivity index is 2.82. The quantitative estimate of drug-likeness (QED) is 0.114. The number of carboxylic acid groups (broad SMARTS) is 1. The van der Waals surface area contributed by atoms with Crippen LogP contribution in [0, 0.1) is 5.92 Å². The number of nitrogens with one attached hydrogen (secondary N) is 5. The Hall–Kier alpha value is -3.55. The van der Waals surface area contributed by atoms with Crippen molar-refractivity contribution >= 4 is 41.3 Å². The molecule has 14 heteroatoms. The van der Waals surface area contributed by atoms with E-state index >= 15 is 0 Å². The van der Waals surface area contributed by atoms with Crippen LogP contribution < -0.4 is 26.6 Å². The first kappa shape index (κ1) is 31.5. The van der Waals surface area contributed by atoms with Crippen LogP contribution in [0.1, 0.15) is 60.3 Å². The summed E-state index contributed by atoms with van der Waals surface area (Å²) >= 11 is 0. The van der Waals surface area contributed by atoms with Crippen LogP contribution in [-0.4, -0.2) is 87.8 Å². The van der Waals surface area contributed by atoms with Crippen molar-refractivity contribution in [3.05, 3.63) is 0 Å².